The summed E-state index contributed by atoms with van der Waals surface area (Å²) in [5.74, 6) is 0. The largest absolute Gasteiger partial charge is 0.388 e. The van der Waals surface area contributed by atoms with Crippen molar-refractivity contribution in [3.8, 4) is 0 Å². The molecule has 0 aromatic rings. The van der Waals surface area contributed by atoms with E-state index in [1.165, 1.54) is 0 Å². The van der Waals surface area contributed by atoms with Crippen LogP contribution in [-0.4, -0.2) is 16.2 Å². The smallest absolute Gasteiger partial charge is 0.0826 e. The molecule has 2 heteroatoms. The van der Waals surface area contributed by atoms with E-state index in [-0.39, 0.29) is 5.54 Å². The van der Waals surface area contributed by atoms with Gasteiger partial charge in [0.05, 0.1) is 5.60 Å². The molecule has 2 fully saturated rings. The second-order valence-corrected chi connectivity index (χ2v) is 6.21. The van der Waals surface area contributed by atoms with Crippen molar-refractivity contribution < 1.29 is 5.11 Å². The summed E-state index contributed by atoms with van der Waals surface area (Å²) in [6.07, 6.45) is 7.30. The van der Waals surface area contributed by atoms with Crippen molar-refractivity contribution in [1.29, 1.82) is 0 Å². The number of aliphatic hydroxyl groups is 1. The summed E-state index contributed by atoms with van der Waals surface area (Å²) in [5, 5.41) is 10.3. The third kappa shape index (κ3) is 1.49. The number of hydrogen-bond acceptors (Lipinski definition) is 2. The lowest BCUT2D eigenvalue weighted by molar-refractivity contribution is -0.117. The Kier molecular flexibility index (Phi) is 2.20. The van der Waals surface area contributed by atoms with Gasteiger partial charge in [-0.15, -0.1) is 0 Å². The molecule has 2 rings (SSSR count). The molecule has 82 valence electrons. The molecule has 0 unspecified atom stereocenters. The van der Waals surface area contributed by atoms with E-state index in [4.69, 9.17) is 5.73 Å². The second kappa shape index (κ2) is 2.96. The van der Waals surface area contributed by atoms with E-state index in [2.05, 4.69) is 13.8 Å². The van der Waals surface area contributed by atoms with Gasteiger partial charge >= 0.3 is 0 Å². The fourth-order valence-corrected chi connectivity index (χ4v) is 2.85. The van der Waals surface area contributed by atoms with Crippen LogP contribution in [0.25, 0.3) is 0 Å². The van der Waals surface area contributed by atoms with Gasteiger partial charge in [-0.1, -0.05) is 13.8 Å². The molecule has 0 spiro atoms. The van der Waals surface area contributed by atoms with E-state index in [0.29, 0.717) is 5.41 Å². The molecule has 3 N–H and O–H groups in total. The third-order valence-electron chi connectivity index (χ3n) is 4.60. The van der Waals surface area contributed by atoms with Gasteiger partial charge in [-0.05, 0) is 50.4 Å². The lowest BCUT2D eigenvalue weighted by Gasteiger charge is -2.54. The van der Waals surface area contributed by atoms with Gasteiger partial charge in [-0.3, -0.25) is 0 Å². The van der Waals surface area contributed by atoms with Crippen LogP contribution in [-0.2, 0) is 0 Å². The van der Waals surface area contributed by atoms with Crippen molar-refractivity contribution in [2.75, 3.05) is 0 Å². The average molecular weight is 197 g/mol. The molecule has 0 radical (unpaired) electrons. The molecule has 0 aliphatic heterocycles. The Labute approximate surface area is 86.9 Å². The van der Waals surface area contributed by atoms with E-state index in [9.17, 15) is 5.11 Å². The Hall–Kier alpha value is -0.0800. The zero-order valence-electron chi connectivity index (χ0n) is 9.47. The minimum atomic E-state index is -0.524. The predicted octanol–water partition coefficient (Wildman–Crippen LogP) is 2.20. The van der Waals surface area contributed by atoms with Crippen molar-refractivity contribution in [3.05, 3.63) is 0 Å². The van der Waals surface area contributed by atoms with Gasteiger partial charge in [0.25, 0.3) is 0 Å². The molecule has 14 heavy (non-hydrogen) atoms. The molecule has 0 saturated heterocycles. The highest BCUT2D eigenvalue weighted by Gasteiger charge is 2.53. The summed E-state index contributed by atoms with van der Waals surface area (Å²) in [6, 6.07) is 0. The summed E-state index contributed by atoms with van der Waals surface area (Å²) >= 11 is 0. The van der Waals surface area contributed by atoms with Crippen molar-refractivity contribution in [2.24, 2.45) is 11.1 Å². The fourth-order valence-electron chi connectivity index (χ4n) is 2.85. The van der Waals surface area contributed by atoms with Gasteiger partial charge in [0.15, 0.2) is 0 Å². The maximum absolute atomic E-state index is 10.3. The maximum atomic E-state index is 10.3. The molecule has 2 nitrogen and oxygen atoms in total. The van der Waals surface area contributed by atoms with E-state index < -0.39 is 5.60 Å². The first kappa shape index (κ1) is 10.4. The van der Waals surface area contributed by atoms with E-state index in [1.54, 1.807) is 0 Å². The Morgan fingerprint density at radius 3 is 1.79 bits per heavy atom. The number of hydrogen-bond donors (Lipinski definition) is 2. The first-order valence-electron chi connectivity index (χ1n) is 5.88. The topological polar surface area (TPSA) is 46.2 Å². The lowest BCUT2D eigenvalue weighted by Crippen LogP contribution is -2.65. The van der Waals surface area contributed by atoms with Crippen LogP contribution < -0.4 is 5.73 Å². The van der Waals surface area contributed by atoms with Crippen molar-refractivity contribution in [1.82, 2.24) is 0 Å². The molecular weight excluding hydrogens is 174 g/mol. The Bertz CT molecular complexity index is 220. The van der Waals surface area contributed by atoms with E-state index >= 15 is 0 Å². The molecule has 0 amide bonds. The van der Waals surface area contributed by atoms with Crippen LogP contribution in [0, 0.1) is 5.41 Å². The molecule has 0 bridgehead atoms. The maximum Gasteiger partial charge on any atom is 0.0826 e. The second-order valence-electron chi connectivity index (χ2n) is 6.21. The van der Waals surface area contributed by atoms with E-state index in [0.717, 1.165) is 44.9 Å². The van der Waals surface area contributed by atoms with E-state index in [1.807, 2.05) is 0 Å². The standard InChI is InChI=1S/C12H23NO/c1-10(2)6-8-11(13,9-7-10)12(14)4-3-5-12/h14H,3-9,13H2,1-2H3. The van der Waals surface area contributed by atoms with Gasteiger partial charge in [-0.25, -0.2) is 0 Å². The highest BCUT2D eigenvalue weighted by Crippen LogP contribution is 2.49. The van der Waals surface area contributed by atoms with Gasteiger partial charge < -0.3 is 10.8 Å². The highest BCUT2D eigenvalue weighted by atomic mass is 16.3. The molecule has 2 aliphatic rings. The zero-order valence-corrected chi connectivity index (χ0v) is 9.47. The van der Waals surface area contributed by atoms with Gasteiger partial charge in [0.1, 0.15) is 0 Å². The molecule has 0 aromatic heterocycles. The molecule has 2 aliphatic carbocycles. The number of nitrogens with two attached hydrogens (primary N) is 1. The van der Waals surface area contributed by atoms with Gasteiger partial charge in [-0.2, -0.15) is 0 Å². The SMILES string of the molecule is CC1(C)CCC(N)(C2(O)CCC2)CC1. The molecule has 2 saturated carbocycles. The average Bonchev–Trinajstić information content (AvgIpc) is 2.07. The quantitative estimate of drug-likeness (QED) is 0.677. The predicted molar refractivity (Wildman–Crippen MR) is 58.0 cm³/mol. The minimum absolute atomic E-state index is 0.277. The summed E-state index contributed by atoms with van der Waals surface area (Å²) in [7, 11) is 0. The summed E-state index contributed by atoms with van der Waals surface area (Å²) in [6.45, 7) is 4.61. The zero-order chi connectivity index (χ0) is 10.4. The lowest BCUT2D eigenvalue weighted by atomic mass is 9.58. The van der Waals surface area contributed by atoms with Crippen LogP contribution >= 0.6 is 0 Å². The van der Waals surface area contributed by atoms with Crippen molar-refractivity contribution >= 4 is 0 Å². The first-order valence-corrected chi connectivity index (χ1v) is 5.88. The van der Waals surface area contributed by atoms with Crippen LogP contribution in [0.3, 0.4) is 0 Å². The van der Waals surface area contributed by atoms with Crippen LogP contribution in [0.1, 0.15) is 58.8 Å². The monoisotopic (exact) mass is 197 g/mol. The third-order valence-corrected chi connectivity index (χ3v) is 4.60. The summed E-state index contributed by atoms with van der Waals surface area (Å²) in [5.41, 5.74) is 6.00. The van der Waals surface area contributed by atoms with Crippen LogP contribution in [0.2, 0.25) is 0 Å². The Morgan fingerprint density at radius 2 is 1.43 bits per heavy atom. The highest BCUT2D eigenvalue weighted by molar-refractivity contribution is 5.10. The normalized spacial score (nSPS) is 33.4. The summed E-state index contributed by atoms with van der Waals surface area (Å²) < 4.78 is 0. The van der Waals surface area contributed by atoms with Gasteiger partial charge in [0.2, 0.25) is 0 Å². The Morgan fingerprint density at radius 1 is 0.929 bits per heavy atom. The summed E-state index contributed by atoms with van der Waals surface area (Å²) in [4.78, 5) is 0. The minimum Gasteiger partial charge on any atom is -0.388 e. The molecular formula is C12H23NO. The molecule has 0 atom stereocenters. The number of rotatable bonds is 1. The van der Waals surface area contributed by atoms with Gasteiger partial charge in [0, 0.05) is 5.54 Å². The molecule has 0 aromatic carbocycles. The van der Waals surface area contributed by atoms with Crippen LogP contribution in [0.5, 0.6) is 0 Å². The van der Waals surface area contributed by atoms with Crippen molar-refractivity contribution in [3.63, 3.8) is 0 Å². The molecule has 0 heterocycles. The van der Waals surface area contributed by atoms with Crippen LogP contribution in [0.15, 0.2) is 0 Å². The van der Waals surface area contributed by atoms with Crippen molar-refractivity contribution in [2.45, 2.75) is 69.9 Å². The first-order chi connectivity index (χ1) is 6.37. The fraction of sp³-hybridized carbons (Fsp3) is 1.00. The van der Waals surface area contributed by atoms with Crippen LogP contribution in [0.4, 0.5) is 0 Å². The Balaban J connectivity index is 2.05.